The highest BCUT2D eigenvalue weighted by atomic mass is 32.2. The lowest BCUT2D eigenvalue weighted by Crippen LogP contribution is -2.33. The van der Waals surface area contributed by atoms with Crippen LogP contribution in [0.5, 0.6) is 0 Å². The van der Waals surface area contributed by atoms with Gasteiger partial charge in [0.05, 0.1) is 40.3 Å². The van der Waals surface area contributed by atoms with Crippen LogP contribution in [-0.4, -0.2) is 78.3 Å². The number of aromatic nitrogens is 3. The molecule has 0 radical (unpaired) electrons. The van der Waals surface area contributed by atoms with Crippen molar-refractivity contribution < 1.29 is 16.8 Å². The lowest BCUT2D eigenvalue weighted by atomic mass is 10.1. The summed E-state index contributed by atoms with van der Waals surface area (Å²) >= 11 is 0. The highest BCUT2D eigenvalue weighted by molar-refractivity contribution is 7.89. The number of likely N-dealkylation sites (tertiary alicyclic amines) is 2. The van der Waals surface area contributed by atoms with Crippen LogP contribution in [0.3, 0.4) is 0 Å². The quantitative estimate of drug-likeness (QED) is 0.506. The molecule has 0 amide bonds. The van der Waals surface area contributed by atoms with Crippen LogP contribution in [-0.2, 0) is 33.1 Å². The second kappa shape index (κ2) is 8.92. The molecule has 34 heavy (non-hydrogen) atoms. The molecule has 0 bridgehead atoms. The van der Waals surface area contributed by atoms with Gasteiger partial charge in [-0.1, -0.05) is 12.8 Å². The van der Waals surface area contributed by atoms with Crippen molar-refractivity contribution in [3.05, 3.63) is 29.6 Å². The van der Waals surface area contributed by atoms with Crippen LogP contribution in [0, 0.1) is 0 Å². The molecule has 0 N–H and O–H groups in total. The van der Waals surface area contributed by atoms with Crippen molar-refractivity contribution in [2.75, 3.05) is 38.7 Å². The fourth-order valence-electron chi connectivity index (χ4n) is 5.47. The van der Waals surface area contributed by atoms with Crippen molar-refractivity contribution in [2.24, 2.45) is 0 Å². The molecule has 0 aromatic carbocycles. The van der Waals surface area contributed by atoms with Crippen LogP contribution in [0.25, 0.3) is 22.1 Å². The standard InChI is InChI=1S/C23H33N5O4S2/c1-33(29,30)27-14-9-19-20(27)15-21-23(24-19)18(16-25-10-5-3-6-11-25)22(28(21)34(2,31)32)17-26-12-7-4-8-13-26/h9,14-15H,3-8,10-13,16-17H2,1-2H3. The molecule has 2 fully saturated rings. The molecule has 2 aliphatic rings. The first-order valence-corrected chi connectivity index (χ1v) is 15.7. The molecule has 0 atom stereocenters. The number of rotatable bonds is 6. The number of nitrogens with zero attached hydrogens (tertiary/aromatic N) is 5. The van der Waals surface area contributed by atoms with Gasteiger partial charge in [0.1, 0.15) is 0 Å². The molecule has 3 aromatic heterocycles. The molecule has 186 valence electrons. The summed E-state index contributed by atoms with van der Waals surface area (Å²) in [5, 5.41) is 0. The molecule has 5 rings (SSSR count). The molecule has 0 unspecified atom stereocenters. The fraction of sp³-hybridized carbons (Fsp3) is 0.609. The normalized spacial score (nSPS) is 19.4. The number of hydrogen-bond acceptors (Lipinski definition) is 7. The zero-order chi connectivity index (χ0) is 24.1. The van der Waals surface area contributed by atoms with Crippen molar-refractivity contribution in [3.63, 3.8) is 0 Å². The third-order valence-electron chi connectivity index (χ3n) is 7.06. The molecule has 3 aromatic rings. The van der Waals surface area contributed by atoms with E-state index in [9.17, 15) is 16.8 Å². The van der Waals surface area contributed by atoms with E-state index in [1.54, 1.807) is 12.1 Å². The first-order valence-electron chi connectivity index (χ1n) is 12.0. The van der Waals surface area contributed by atoms with Crippen LogP contribution >= 0.6 is 0 Å². The van der Waals surface area contributed by atoms with Gasteiger partial charge in [0.2, 0.25) is 20.0 Å². The van der Waals surface area contributed by atoms with Gasteiger partial charge >= 0.3 is 0 Å². The van der Waals surface area contributed by atoms with Gasteiger partial charge in [-0.2, -0.15) is 0 Å². The minimum Gasteiger partial charge on any atom is -0.299 e. The lowest BCUT2D eigenvalue weighted by molar-refractivity contribution is 0.208. The van der Waals surface area contributed by atoms with Crippen molar-refractivity contribution in [3.8, 4) is 0 Å². The van der Waals surface area contributed by atoms with Crippen LogP contribution in [0.15, 0.2) is 18.3 Å². The van der Waals surface area contributed by atoms with E-state index in [4.69, 9.17) is 4.98 Å². The lowest BCUT2D eigenvalue weighted by Gasteiger charge is -2.29. The summed E-state index contributed by atoms with van der Waals surface area (Å²) < 4.78 is 53.5. The Balaban J connectivity index is 1.76. The van der Waals surface area contributed by atoms with Gasteiger partial charge in [-0.3, -0.25) is 9.80 Å². The van der Waals surface area contributed by atoms with E-state index in [2.05, 4.69) is 9.80 Å². The number of piperidine rings is 2. The van der Waals surface area contributed by atoms with Crippen molar-refractivity contribution in [1.82, 2.24) is 22.7 Å². The monoisotopic (exact) mass is 507 g/mol. The van der Waals surface area contributed by atoms with Gasteiger partial charge in [-0.05, 0) is 64.0 Å². The average Bonchev–Trinajstić information content (AvgIpc) is 3.32. The van der Waals surface area contributed by atoms with Gasteiger partial charge in [-0.25, -0.2) is 29.8 Å². The Bertz CT molecular complexity index is 1430. The van der Waals surface area contributed by atoms with E-state index in [0.717, 1.165) is 69.4 Å². The predicted molar refractivity (Wildman–Crippen MR) is 134 cm³/mol. The smallest absolute Gasteiger partial charge is 0.236 e. The molecule has 2 saturated heterocycles. The third-order valence-corrected chi connectivity index (χ3v) is 9.17. The van der Waals surface area contributed by atoms with E-state index in [1.807, 2.05) is 0 Å². The second-order valence-corrected chi connectivity index (χ2v) is 13.5. The summed E-state index contributed by atoms with van der Waals surface area (Å²) in [5.74, 6) is 0. The molecule has 9 nitrogen and oxygen atoms in total. The Morgan fingerprint density at radius 3 is 1.94 bits per heavy atom. The Hall–Kier alpha value is -1.95. The van der Waals surface area contributed by atoms with Crippen LogP contribution in [0.1, 0.15) is 49.8 Å². The molecule has 0 aliphatic carbocycles. The maximum Gasteiger partial charge on any atom is 0.236 e. The highest BCUT2D eigenvalue weighted by Gasteiger charge is 2.28. The van der Waals surface area contributed by atoms with E-state index in [0.29, 0.717) is 35.2 Å². The van der Waals surface area contributed by atoms with Crippen LogP contribution in [0.2, 0.25) is 0 Å². The predicted octanol–water partition coefficient (Wildman–Crippen LogP) is 2.58. The number of hydrogen-bond donors (Lipinski definition) is 0. The van der Waals surface area contributed by atoms with Crippen molar-refractivity contribution in [2.45, 2.75) is 51.6 Å². The van der Waals surface area contributed by atoms with Gasteiger partial charge in [0.25, 0.3) is 0 Å². The molecular weight excluding hydrogens is 474 g/mol. The molecular formula is C23H33N5O4S2. The van der Waals surface area contributed by atoms with Gasteiger partial charge < -0.3 is 0 Å². The first-order chi connectivity index (χ1) is 16.1. The van der Waals surface area contributed by atoms with Crippen molar-refractivity contribution >= 4 is 42.1 Å². The molecule has 0 spiro atoms. The first kappa shape index (κ1) is 23.8. The van der Waals surface area contributed by atoms with Crippen molar-refractivity contribution in [1.29, 1.82) is 0 Å². The Kier molecular flexibility index (Phi) is 6.24. The largest absolute Gasteiger partial charge is 0.299 e. The second-order valence-electron chi connectivity index (χ2n) is 9.76. The summed E-state index contributed by atoms with van der Waals surface area (Å²) in [6.07, 6.45) is 10.8. The third kappa shape index (κ3) is 4.50. The van der Waals surface area contributed by atoms with Crippen LogP contribution in [0.4, 0.5) is 0 Å². The Morgan fingerprint density at radius 1 is 0.794 bits per heavy atom. The summed E-state index contributed by atoms with van der Waals surface area (Å²) in [6.45, 7) is 5.06. The summed E-state index contributed by atoms with van der Waals surface area (Å²) in [5.41, 5.74) is 3.76. The minimum absolute atomic E-state index is 0.395. The molecule has 5 heterocycles. The maximum atomic E-state index is 13.1. The van der Waals surface area contributed by atoms with E-state index < -0.39 is 20.0 Å². The molecule has 11 heteroatoms. The van der Waals surface area contributed by atoms with Gasteiger partial charge in [0, 0.05) is 24.8 Å². The fourth-order valence-corrected chi connectivity index (χ4v) is 7.32. The van der Waals surface area contributed by atoms with Gasteiger partial charge in [0.15, 0.2) is 0 Å². The number of fused-ring (bicyclic) bond motifs is 2. The van der Waals surface area contributed by atoms with Crippen LogP contribution < -0.4 is 0 Å². The average molecular weight is 508 g/mol. The van der Waals surface area contributed by atoms with Gasteiger partial charge in [-0.15, -0.1) is 0 Å². The molecule has 2 aliphatic heterocycles. The number of pyridine rings is 1. The molecule has 0 saturated carbocycles. The summed E-state index contributed by atoms with van der Waals surface area (Å²) in [6, 6.07) is 3.36. The maximum absolute atomic E-state index is 13.1. The topological polar surface area (TPSA) is 97.5 Å². The summed E-state index contributed by atoms with van der Waals surface area (Å²) in [7, 11) is -7.21. The van der Waals surface area contributed by atoms with E-state index in [1.165, 1.54) is 33.2 Å². The summed E-state index contributed by atoms with van der Waals surface area (Å²) in [4.78, 5) is 9.57. The zero-order valence-corrected chi connectivity index (χ0v) is 21.5. The Labute approximate surface area is 201 Å². The SMILES string of the molecule is CS(=O)(=O)n1ccc2nc3c(CN4CCCCC4)c(CN4CCCCC4)n(S(C)(=O)=O)c3cc21. The highest BCUT2D eigenvalue weighted by Crippen LogP contribution is 2.33. The van der Waals surface area contributed by atoms with E-state index >= 15 is 0 Å². The minimum atomic E-state index is -3.66. The Morgan fingerprint density at radius 2 is 1.38 bits per heavy atom. The zero-order valence-electron chi connectivity index (χ0n) is 19.9. The van der Waals surface area contributed by atoms with E-state index in [-0.39, 0.29) is 0 Å².